The Balaban J connectivity index is 2.49. The second-order valence-electron chi connectivity index (χ2n) is 7.63. The van der Waals surface area contributed by atoms with Crippen molar-refractivity contribution in [2.75, 3.05) is 24.2 Å². The lowest BCUT2D eigenvalue weighted by Gasteiger charge is -2.32. The van der Waals surface area contributed by atoms with Gasteiger partial charge in [0.05, 0.1) is 27.6 Å². The van der Waals surface area contributed by atoms with Crippen LogP contribution in [-0.4, -0.2) is 51.0 Å². The number of alkyl halides is 3. The van der Waals surface area contributed by atoms with Crippen LogP contribution in [0.2, 0.25) is 10.0 Å². The molecule has 1 N–H and O–H groups in total. The van der Waals surface area contributed by atoms with Crippen LogP contribution in [-0.2, 0) is 32.3 Å². The molecular formula is C22H24Cl2F3N3O4S. The molecule has 0 aliphatic heterocycles. The molecule has 35 heavy (non-hydrogen) atoms. The average Bonchev–Trinajstić information content (AvgIpc) is 2.78. The molecule has 192 valence electrons. The Morgan fingerprint density at radius 2 is 1.74 bits per heavy atom. The van der Waals surface area contributed by atoms with Crippen LogP contribution in [0.1, 0.15) is 24.5 Å². The van der Waals surface area contributed by atoms with E-state index in [0.717, 1.165) is 29.4 Å². The summed E-state index contributed by atoms with van der Waals surface area (Å²) in [6.45, 7) is 0.715. The normalized spacial score (nSPS) is 12.7. The SMILES string of the molecule is CC[C@@H](C(=O)NC)N(Cc1ccc(Cl)c(Cl)c1)C(=O)CN(c1cccc(C(F)(F)F)c1)S(C)(=O)=O. The van der Waals surface area contributed by atoms with Crippen molar-refractivity contribution in [2.45, 2.75) is 32.1 Å². The maximum atomic E-state index is 13.4. The first kappa shape index (κ1) is 28.7. The Morgan fingerprint density at radius 1 is 1.09 bits per heavy atom. The van der Waals surface area contributed by atoms with Gasteiger partial charge in [-0.15, -0.1) is 0 Å². The second-order valence-corrected chi connectivity index (χ2v) is 10.3. The van der Waals surface area contributed by atoms with Crippen molar-refractivity contribution in [1.82, 2.24) is 10.2 Å². The summed E-state index contributed by atoms with van der Waals surface area (Å²) < 4.78 is 65.1. The number of anilines is 1. The summed E-state index contributed by atoms with van der Waals surface area (Å²) in [4.78, 5) is 27.0. The van der Waals surface area contributed by atoms with Gasteiger partial charge in [-0.1, -0.05) is 42.3 Å². The molecule has 2 aromatic carbocycles. The monoisotopic (exact) mass is 553 g/mol. The van der Waals surface area contributed by atoms with E-state index in [0.29, 0.717) is 15.9 Å². The number of nitrogens with zero attached hydrogens (tertiary/aromatic N) is 2. The Kier molecular flexibility index (Phi) is 9.43. The zero-order valence-corrected chi connectivity index (χ0v) is 21.4. The van der Waals surface area contributed by atoms with Crippen LogP contribution < -0.4 is 9.62 Å². The predicted molar refractivity (Wildman–Crippen MR) is 129 cm³/mol. The van der Waals surface area contributed by atoms with E-state index in [9.17, 15) is 31.2 Å². The molecule has 13 heteroatoms. The zero-order valence-electron chi connectivity index (χ0n) is 19.1. The van der Waals surface area contributed by atoms with E-state index in [-0.39, 0.29) is 28.7 Å². The van der Waals surface area contributed by atoms with E-state index in [1.54, 1.807) is 13.0 Å². The minimum atomic E-state index is -4.71. The standard InChI is InChI=1S/C22H24Cl2F3N3O4S/c1-4-19(21(32)28-2)29(12-14-8-9-17(23)18(24)10-14)20(31)13-30(35(3,33)34)16-7-5-6-15(11-16)22(25,26)27/h5-11,19H,4,12-13H2,1-3H3,(H,28,32)/t19-/m0/s1. The van der Waals surface area contributed by atoms with E-state index in [1.807, 2.05) is 0 Å². The van der Waals surface area contributed by atoms with Crippen LogP contribution in [0.15, 0.2) is 42.5 Å². The fourth-order valence-corrected chi connectivity index (χ4v) is 4.53. The minimum absolute atomic E-state index is 0.123. The number of carbonyl (C=O) groups excluding carboxylic acids is 2. The molecule has 0 radical (unpaired) electrons. The first-order chi connectivity index (χ1) is 16.2. The van der Waals surface area contributed by atoms with Gasteiger partial charge in [0.15, 0.2) is 0 Å². The van der Waals surface area contributed by atoms with E-state index in [2.05, 4.69) is 5.32 Å². The van der Waals surface area contributed by atoms with Crippen molar-refractivity contribution >= 4 is 50.7 Å². The van der Waals surface area contributed by atoms with Gasteiger partial charge in [0.1, 0.15) is 12.6 Å². The molecule has 2 amide bonds. The largest absolute Gasteiger partial charge is 0.416 e. The molecule has 0 aliphatic rings. The van der Waals surface area contributed by atoms with Gasteiger partial charge in [-0.2, -0.15) is 13.2 Å². The molecule has 0 aromatic heterocycles. The predicted octanol–water partition coefficient (Wildman–Crippen LogP) is 4.33. The van der Waals surface area contributed by atoms with Gasteiger partial charge in [0, 0.05) is 13.6 Å². The Bertz CT molecular complexity index is 1190. The van der Waals surface area contributed by atoms with Gasteiger partial charge in [0.2, 0.25) is 21.8 Å². The summed E-state index contributed by atoms with van der Waals surface area (Å²) in [5.41, 5.74) is -0.890. The molecule has 1 atom stereocenters. The van der Waals surface area contributed by atoms with E-state index in [4.69, 9.17) is 23.2 Å². The van der Waals surface area contributed by atoms with Crippen molar-refractivity contribution in [3.8, 4) is 0 Å². The number of rotatable bonds is 9. The molecule has 2 rings (SSSR count). The topological polar surface area (TPSA) is 86.8 Å². The number of amides is 2. The molecule has 0 saturated carbocycles. The lowest BCUT2D eigenvalue weighted by Crippen LogP contribution is -2.51. The maximum Gasteiger partial charge on any atom is 0.416 e. The third-order valence-electron chi connectivity index (χ3n) is 5.11. The number of hydrogen-bond acceptors (Lipinski definition) is 4. The van der Waals surface area contributed by atoms with E-state index in [1.165, 1.54) is 19.2 Å². The van der Waals surface area contributed by atoms with Gasteiger partial charge >= 0.3 is 6.18 Å². The third kappa shape index (κ3) is 7.49. The summed E-state index contributed by atoms with van der Waals surface area (Å²) in [5, 5.41) is 2.95. The highest BCUT2D eigenvalue weighted by atomic mass is 35.5. The summed E-state index contributed by atoms with van der Waals surface area (Å²) in [6, 6.07) is 7.26. The molecular weight excluding hydrogens is 530 g/mol. The third-order valence-corrected chi connectivity index (χ3v) is 6.99. The Hall–Kier alpha value is -2.50. The number of likely N-dealkylation sites (N-methyl/N-ethyl adjacent to an activating group) is 1. The first-order valence-electron chi connectivity index (χ1n) is 10.3. The second kappa shape index (κ2) is 11.5. The van der Waals surface area contributed by atoms with E-state index < -0.39 is 46.2 Å². The number of halogens is 5. The van der Waals surface area contributed by atoms with Crippen LogP contribution in [0.5, 0.6) is 0 Å². The van der Waals surface area contributed by atoms with Crippen molar-refractivity contribution in [1.29, 1.82) is 0 Å². The quantitative estimate of drug-likeness (QED) is 0.500. The molecule has 7 nitrogen and oxygen atoms in total. The van der Waals surface area contributed by atoms with Crippen LogP contribution >= 0.6 is 23.2 Å². The van der Waals surface area contributed by atoms with Gasteiger partial charge in [-0.3, -0.25) is 13.9 Å². The lowest BCUT2D eigenvalue weighted by molar-refractivity contribution is -0.140. The molecule has 0 fully saturated rings. The van der Waals surface area contributed by atoms with Crippen LogP contribution in [0.4, 0.5) is 18.9 Å². The summed E-state index contributed by atoms with van der Waals surface area (Å²) in [7, 11) is -2.79. The molecule has 0 bridgehead atoms. The number of carbonyl (C=O) groups is 2. The highest BCUT2D eigenvalue weighted by molar-refractivity contribution is 7.92. The Morgan fingerprint density at radius 3 is 2.26 bits per heavy atom. The number of hydrogen-bond donors (Lipinski definition) is 1. The van der Waals surface area contributed by atoms with Crippen molar-refractivity contribution in [3.05, 3.63) is 63.6 Å². The fraction of sp³-hybridized carbons (Fsp3) is 0.364. The Labute approximate surface area is 211 Å². The molecule has 0 spiro atoms. The maximum absolute atomic E-state index is 13.4. The fourth-order valence-electron chi connectivity index (χ4n) is 3.37. The number of sulfonamides is 1. The van der Waals surface area contributed by atoms with Crippen LogP contribution in [0, 0.1) is 0 Å². The minimum Gasteiger partial charge on any atom is -0.357 e. The molecule has 0 aliphatic carbocycles. The number of benzene rings is 2. The summed E-state index contributed by atoms with van der Waals surface area (Å²) in [6.07, 6.45) is -3.75. The molecule has 0 heterocycles. The highest BCUT2D eigenvalue weighted by Crippen LogP contribution is 2.32. The smallest absolute Gasteiger partial charge is 0.357 e. The van der Waals surface area contributed by atoms with Gasteiger partial charge in [-0.05, 0) is 42.3 Å². The van der Waals surface area contributed by atoms with Gasteiger partial charge in [-0.25, -0.2) is 8.42 Å². The van der Waals surface area contributed by atoms with E-state index >= 15 is 0 Å². The first-order valence-corrected chi connectivity index (χ1v) is 12.9. The van der Waals surface area contributed by atoms with Crippen molar-refractivity contribution in [3.63, 3.8) is 0 Å². The zero-order chi connectivity index (χ0) is 26.6. The van der Waals surface area contributed by atoms with Gasteiger partial charge < -0.3 is 10.2 Å². The molecule has 0 unspecified atom stereocenters. The summed E-state index contributed by atoms with van der Waals surface area (Å²) in [5.74, 6) is -1.29. The van der Waals surface area contributed by atoms with Crippen molar-refractivity contribution in [2.24, 2.45) is 0 Å². The summed E-state index contributed by atoms with van der Waals surface area (Å²) >= 11 is 12.0. The molecule has 0 saturated heterocycles. The average molecular weight is 554 g/mol. The number of nitrogens with one attached hydrogen (secondary N) is 1. The van der Waals surface area contributed by atoms with Crippen molar-refractivity contribution < 1.29 is 31.2 Å². The van der Waals surface area contributed by atoms with Crippen LogP contribution in [0.3, 0.4) is 0 Å². The van der Waals surface area contributed by atoms with Crippen LogP contribution in [0.25, 0.3) is 0 Å². The molecule has 2 aromatic rings. The van der Waals surface area contributed by atoms with Gasteiger partial charge in [0.25, 0.3) is 0 Å². The highest BCUT2D eigenvalue weighted by Gasteiger charge is 2.34. The lowest BCUT2D eigenvalue weighted by atomic mass is 10.1.